The van der Waals surface area contributed by atoms with Gasteiger partial charge in [0.15, 0.2) is 5.96 Å². The second-order valence-electron chi connectivity index (χ2n) is 5.45. The Morgan fingerprint density at radius 1 is 1.44 bits per heavy atom. The van der Waals surface area contributed by atoms with E-state index in [9.17, 15) is 4.79 Å². The smallest absolute Gasteiger partial charge is 0.246 e. The lowest BCUT2D eigenvalue weighted by atomic mass is 10.3. The van der Waals surface area contributed by atoms with Gasteiger partial charge in [-0.2, -0.15) is 5.10 Å². The first-order valence-corrected chi connectivity index (χ1v) is 8.75. The van der Waals surface area contributed by atoms with Crippen molar-refractivity contribution in [3.63, 3.8) is 0 Å². The summed E-state index contributed by atoms with van der Waals surface area (Å²) in [7, 11) is 3.56. The first kappa shape index (κ1) is 20.0. The van der Waals surface area contributed by atoms with E-state index < -0.39 is 0 Å². The lowest BCUT2D eigenvalue weighted by molar-refractivity contribution is -0.120. The summed E-state index contributed by atoms with van der Waals surface area (Å²) < 4.78 is 2.46. The molecule has 136 valence electrons. The Morgan fingerprint density at radius 3 is 2.80 bits per heavy atom. The molecule has 3 rings (SSSR count). The number of aryl methyl sites for hydroxylation is 1. The van der Waals surface area contributed by atoms with Crippen molar-refractivity contribution in [2.75, 3.05) is 31.6 Å². The molecule has 1 N–H and O–H groups in total. The van der Waals surface area contributed by atoms with Gasteiger partial charge in [-0.05, 0) is 12.1 Å². The zero-order valence-corrected chi connectivity index (χ0v) is 17.9. The van der Waals surface area contributed by atoms with Crippen LogP contribution in [0.3, 0.4) is 0 Å². The van der Waals surface area contributed by atoms with Crippen molar-refractivity contribution in [3.8, 4) is 0 Å². The van der Waals surface area contributed by atoms with Crippen LogP contribution in [0.1, 0.15) is 4.88 Å². The number of piperazine rings is 1. The maximum Gasteiger partial charge on any atom is 0.246 e. The second-order valence-corrected chi connectivity index (χ2v) is 7.25. The third-order valence-corrected chi connectivity index (χ3v) is 5.02. The van der Waals surface area contributed by atoms with E-state index >= 15 is 0 Å². The van der Waals surface area contributed by atoms with Crippen molar-refractivity contribution in [2.45, 2.75) is 6.54 Å². The average molecular weight is 495 g/mol. The number of anilines is 1. The maximum absolute atomic E-state index is 12.5. The molecule has 1 saturated heterocycles. The van der Waals surface area contributed by atoms with Crippen molar-refractivity contribution < 1.29 is 4.79 Å². The molecular formula is C15H20ClIN6OS. The molecule has 0 spiro atoms. The topological polar surface area (TPSA) is 65.8 Å². The number of amides is 1. The van der Waals surface area contributed by atoms with Crippen LogP contribution < -0.4 is 10.2 Å². The third kappa shape index (κ3) is 4.85. The molecule has 1 amide bonds. The zero-order valence-electron chi connectivity index (χ0n) is 14.0. The molecule has 0 radical (unpaired) electrons. The number of carbonyl (C=O) groups is 1. The molecule has 0 atom stereocenters. The van der Waals surface area contributed by atoms with Crippen molar-refractivity contribution in [2.24, 2.45) is 12.0 Å². The van der Waals surface area contributed by atoms with Crippen LogP contribution in [0.4, 0.5) is 5.69 Å². The summed E-state index contributed by atoms with van der Waals surface area (Å²) in [5.74, 6) is 0.759. The van der Waals surface area contributed by atoms with E-state index in [4.69, 9.17) is 11.6 Å². The highest BCUT2D eigenvalue weighted by molar-refractivity contribution is 14.0. The van der Waals surface area contributed by atoms with E-state index in [1.807, 2.05) is 30.3 Å². The molecule has 0 aromatic carbocycles. The predicted octanol–water partition coefficient (Wildman–Crippen LogP) is 2.18. The predicted molar refractivity (Wildman–Crippen MR) is 112 cm³/mol. The Labute approximate surface area is 172 Å². The number of nitrogens with zero attached hydrogens (tertiary/aromatic N) is 5. The minimum Gasteiger partial charge on any atom is -0.351 e. The fourth-order valence-corrected chi connectivity index (χ4v) is 3.65. The molecule has 3 heterocycles. The van der Waals surface area contributed by atoms with Crippen molar-refractivity contribution in [1.82, 2.24) is 20.0 Å². The van der Waals surface area contributed by atoms with Crippen LogP contribution in [-0.4, -0.2) is 53.2 Å². The van der Waals surface area contributed by atoms with Gasteiger partial charge in [-0.15, -0.1) is 35.3 Å². The van der Waals surface area contributed by atoms with E-state index in [2.05, 4.69) is 15.4 Å². The van der Waals surface area contributed by atoms with E-state index in [1.54, 1.807) is 22.8 Å². The number of hydrogen-bond acceptors (Lipinski definition) is 4. The van der Waals surface area contributed by atoms with Gasteiger partial charge >= 0.3 is 0 Å². The van der Waals surface area contributed by atoms with Crippen LogP contribution in [0.5, 0.6) is 0 Å². The van der Waals surface area contributed by atoms with Gasteiger partial charge in [-0.1, -0.05) is 11.6 Å². The van der Waals surface area contributed by atoms with Gasteiger partial charge in [0.1, 0.15) is 6.54 Å². The van der Waals surface area contributed by atoms with Crippen LogP contribution >= 0.6 is 46.9 Å². The molecule has 0 unspecified atom stereocenters. The molecule has 0 bridgehead atoms. The molecule has 2 aromatic heterocycles. The van der Waals surface area contributed by atoms with E-state index in [-0.39, 0.29) is 29.9 Å². The highest BCUT2D eigenvalue weighted by atomic mass is 127. The highest BCUT2D eigenvalue weighted by Gasteiger charge is 2.27. The molecule has 10 heteroatoms. The van der Waals surface area contributed by atoms with E-state index in [0.717, 1.165) is 20.9 Å². The monoisotopic (exact) mass is 494 g/mol. The molecule has 7 nitrogen and oxygen atoms in total. The molecule has 1 fully saturated rings. The lowest BCUT2D eigenvalue weighted by Crippen LogP contribution is -2.55. The van der Waals surface area contributed by atoms with Gasteiger partial charge < -0.3 is 15.1 Å². The van der Waals surface area contributed by atoms with Crippen molar-refractivity contribution in [3.05, 3.63) is 33.7 Å². The number of halogens is 2. The summed E-state index contributed by atoms with van der Waals surface area (Å²) >= 11 is 7.48. The third-order valence-electron chi connectivity index (χ3n) is 3.78. The standard InChI is InChI=1S/C15H19ClN6OS.HI/c1-17-15(18-8-12-3-4-13(16)24-12)21-5-6-22(14(23)10-21)11-7-19-20(2)9-11;/h3-4,7,9H,5-6,8,10H2,1-2H3,(H,17,18);1H. The number of hydrogen-bond donors (Lipinski definition) is 1. The van der Waals surface area contributed by atoms with Crippen LogP contribution in [0, 0.1) is 0 Å². The number of thiophene rings is 1. The number of rotatable bonds is 3. The Bertz CT molecular complexity index is 761. The zero-order chi connectivity index (χ0) is 17.1. The summed E-state index contributed by atoms with van der Waals surface area (Å²) in [5.41, 5.74) is 0.832. The largest absolute Gasteiger partial charge is 0.351 e. The maximum atomic E-state index is 12.5. The Morgan fingerprint density at radius 2 is 2.24 bits per heavy atom. The Balaban J connectivity index is 0.00000225. The van der Waals surface area contributed by atoms with Gasteiger partial charge in [-0.3, -0.25) is 14.5 Å². The summed E-state index contributed by atoms with van der Waals surface area (Å²) in [6, 6.07) is 3.86. The summed E-state index contributed by atoms with van der Waals surface area (Å²) in [6.07, 6.45) is 3.56. The first-order chi connectivity index (χ1) is 11.6. The van der Waals surface area contributed by atoms with E-state index in [1.165, 1.54) is 11.3 Å². The minimum absolute atomic E-state index is 0. The molecule has 1 aliphatic heterocycles. The molecule has 0 saturated carbocycles. The Kier molecular flexibility index (Phi) is 7.08. The van der Waals surface area contributed by atoms with Crippen LogP contribution in [-0.2, 0) is 18.4 Å². The fraction of sp³-hybridized carbons (Fsp3) is 0.400. The summed E-state index contributed by atoms with van der Waals surface area (Å²) in [4.78, 5) is 21.6. The molecule has 1 aliphatic rings. The lowest BCUT2D eigenvalue weighted by Gasteiger charge is -2.35. The van der Waals surface area contributed by atoms with Gasteiger partial charge in [-0.25, -0.2) is 0 Å². The first-order valence-electron chi connectivity index (χ1n) is 7.55. The van der Waals surface area contributed by atoms with Gasteiger partial charge in [0, 0.05) is 38.3 Å². The average Bonchev–Trinajstić information content (AvgIpc) is 3.16. The van der Waals surface area contributed by atoms with E-state index in [0.29, 0.717) is 26.2 Å². The number of guanidine groups is 1. The molecule has 0 aliphatic carbocycles. The van der Waals surface area contributed by atoms with Gasteiger partial charge in [0.05, 0.1) is 22.8 Å². The quantitative estimate of drug-likeness (QED) is 0.404. The highest BCUT2D eigenvalue weighted by Crippen LogP contribution is 2.21. The van der Waals surface area contributed by atoms with Crippen molar-refractivity contribution >= 4 is 64.5 Å². The number of nitrogens with one attached hydrogen (secondary N) is 1. The fourth-order valence-electron chi connectivity index (χ4n) is 2.62. The van der Waals surface area contributed by atoms with Gasteiger partial charge in [0.2, 0.25) is 5.91 Å². The van der Waals surface area contributed by atoms with Crippen LogP contribution in [0.25, 0.3) is 0 Å². The van der Waals surface area contributed by atoms with Crippen LogP contribution in [0.2, 0.25) is 4.34 Å². The second kappa shape index (κ2) is 8.86. The van der Waals surface area contributed by atoms with Crippen LogP contribution in [0.15, 0.2) is 29.5 Å². The number of carbonyl (C=O) groups excluding carboxylic acids is 1. The summed E-state index contributed by atoms with van der Waals surface area (Å²) in [5, 5.41) is 7.41. The molecular weight excluding hydrogens is 475 g/mol. The summed E-state index contributed by atoms with van der Waals surface area (Å²) in [6.45, 7) is 2.25. The molecule has 25 heavy (non-hydrogen) atoms. The SMILES string of the molecule is CN=C(NCc1ccc(Cl)s1)N1CCN(c2cnn(C)c2)C(=O)C1.I. The number of aromatic nitrogens is 2. The normalized spacial score (nSPS) is 15.3. The van der Waals surface area contributed by atoms with Crippen molar-refractivity contribution in [1.29, 1.82) is 0 Å². The molecule has 2 aromatic rings. The van der Waals surface area contributed by atoms with Gasteiger partial charge in [0.25, 0.3) is 0 Å². The number of aliphatic imine (C=N–C) groups is 1. The minimum atomic E-state index is 0. The Hall–Kier alpha value is -1.33.